The molecule has 2 heteroatoms. The standard InChI is InChI=1S/C34H30Br2/c1-20-8-2-9-21-10-3-15-24-32(29(20)21)25-16-4-11-22-13-6-18-27(35)30(22)34(25)26-17-5-12-23-14-7-19-28(36)31(23)33(24)26/h2,6-9,13-14,18-19H,3-5,10-12,15-17H2,1H3. The molecule has 0 unspecified atom stereocenters. The van der Waals surface area contributed by atoms with Gasteiger partial charge in [0.1, 0.15) is 0 Å². The molecule has 0 spiro atoms. The van der Waals surface area contributed by atoms with Crippen molar-refractivity contribution in [3.05, 3.63) is 102 Å². The first-order valence-electron chi connectivity index (χ1n) is 13.5. The topological polar surface area (TPSA) is 0 Å². The van der Waals surface area contributed by atoms with Crippen LogP contribution in [0.1, 0.15) is 58.2 Å². The molecule has 0 radical (unpaired) electrons. The molecule has 7 rings (SSSR count). The van der Waals surface area contributed by atoms with Crippen molar-refractivity contribution in [3.63, 3.8) is 0 Å². The Kier molecular flexibility index (Phi) is 5.74. The quantitative estimate of drug-likeness (QED) is 0.189. The number of hydrogen-bond acceptors (Lipinski definition) is 0. The predicted molar refractivity (Wildman–Crippen MR) is 159 cm³/mol. The molecule has 0 aromatic heterocycles. The van der Waals surface area contributed by atoms with Crippen LogP contribution in [0.4, 0.5) is 0 Å². The Morgan fingerprint density at radius 1 is 0.444 bits per heavy atom. The van der Waals surface area contributed by atoms with Crippen molar-refractivity contribution in [2.24, 2.45) is 0 Å². The molecule has 0 bridgehead atoms. The van der Waals surface area contributed by atoms with Gasteiger partial charge in [-0.15, -0.1) is 0 Å². The van der Waals surface area contributed by atoms with Gasteiger partial charge in [0.15, 0.2) is 0 Å². The maximum absolute atomic E-state index is 4.03. The molecule has 0 nitrogen and oxygen atoms in total. The summed E-state index contributed by atoms with van der Waals surface area (Å²) in [5.74, 6) is 0. The van der Waals surface area contributed by atoms with Crippen molar-refractivity contribution < 1.29 is 0 Å². The molecule has 0 heterocycles. The highest BCUT2D eigenvalue weighted by Gasteiger charge is 2.33. The molecule has 0 aliphatic heterocycles. The van der Waals surface area contributed by atoms with Gasteiger partial charge in [0.25, 0.3) is 0 Å². The summed E-state index contributed by atoms with van der Waals surface area (Å²) in [6, 6.07) is 20.7. The molecule has 36 heavy (non-hydrogen) atoms. The Bertz CT molecular complexity index is 1340. The molecule has 4 aromatic carbocycles. The minimum Gasteiger partial charge on any atom is -0.0617 e. The lowest BCUT2D eigenvalue weighted by atomic mass is 9.76. The maximum atomic E-state index is 4.03. The smallest absolute Gasteiger partial charge is 0.0256 e. The van der Waals surface area contributed by atoms with Crippen LogP contribution < -0.4 is 0 Å². The van der Waals surface area contributed by atoms with Gasteiger partial charge < -0.3 is 0 Å². The molecule has 3 aliphatic carbocycles. The molecular weight excluding hydrogens is 568 g/mol. The zero-order chi connectivity index (χ0) is 24.4. The molecule has 0 amide bonds. The first-order valence-corrected chi connectivity index (χ1v) is 15.1. The third-order valence-corrected chi connectivity index (χ3v) is 10.1. The van der Waals surface area contributed by atoms with Crippen LogP contribution in [0.2, 0.25) is 0 Å². The summed E-state index contributed by atoms with van der Waals surface area (Å²) < 4.78 is 2.50. The number of rotatable bonds is 0. The Morgan fingerprint density at radius 2 is 0.833 bits per heavy atom. The van der Waals surface area contributed by atoms with Crippen LogP contribution in [0.25, 0.3) is 33.4 Å². The molecular formula is C34H30Br2. The monoisotopic (exact) mass is 596 g/mol. The number of halogens is 2. The van der Waals surface area contributed by atoms with E-state index in [9.17, 15) is 0 Å². The Morgan fingerprint density at radius 3 is 1.31 bits per heavy atom. The zero-order valence-electron chi connectivity index (χ0n) is 20.8. The van der Waals surface area contributed by atoms with Gasteiger partial charge in [0.05, 0.1) is 0 Å². The average molecular weight is 598 g/mol. The summed E-state index contributed by atoms with van der Waals surface area (Å²) in [4.78, 5) is 0. The molecule has 0 N–H and O–H groups in total. The average Bonchev–Trinajstić information content (AvgIpc) is 3.27. The van der Waals surface area contributed by atoms with Gasteiger partial charge >= 0.3 is 0 Å². The van der Waals surface area contributed by atoms with E-state index in [4.69, 9.17) is 0 Å². The first kappa shape index (κ1) is 23.0. The summed E-state index contributed by atoms with van der Waals surface area (Å²) in [7, 11) is 0. The van der Waals surface area contributed by atoms with Crippen molar-refractivity contribution >= 4 is 31.9 Å². The minimum absolute atomic E-state index is 1.14. The van der Waals surface area contributed by atoms with E-state index in [-0.39, 0.29) is 0 Å². The van der Waals surface area contributed by atoms with Gasteiger partial charge in [-0.25, -0.2) is 0 Å². The van der Waals surface area contributed by atoms with Crippen molar-refractivity contribution in [1.29, 1.82) is 0 Å². The van der Waals surface area contributed by atoms with E-state index in [1.165, 1.54) is 73.6 Å². The lowest BCUT2D eigenvalue weighted by molar-refractivity contribution is 0.817. The van der Waals surface area contributed by atoms with Gasteiger partial charge in [-0.1, -0.05) is 74.3 Å². The molecule has 0 fully saturated rings. The van der Waals surface area contributed by atoms with Crippen LogP contribution in [-0.2, 0) is 38.5 Å². The number of benzene rings is 4. The molecule has 0 saturated heterocycles. The number of hydrogen-bond donors (Lipinski definition) is 0. The van der Waals surface area contributed by atoms with E-state index < -0.39 is 0 Å². The Hall–Kier alpha value is -2.16. The predicted octanol–water partition coefficient (Wildman–Crippen LogP) is 9.99. The molecule has 4 aromatic rings. The minimum atomic E-state index is 1.14. The normalized spacial score (nSPS) is 15.8. The largest absolute Gasteiger partial charge is 0.0617 e. The highest BCUT2D eigenvalue weighted by Crippen LogP contribution is 2.53. The second kappa shape index (κ2) is 8.99. The first-order chi connectivity index (χ1) is 17.6. The zero-order valence-corrected chi connectivity index (χ0v) is 24.0. The van der Waals surface area contributed by atoms with Crippen LogP contribution in [0.15, 0.2) is 63.5 Å². The third-order valence-electron chi connectivity index (χ3n) is 8.74. The van der Waals surface area contributed by atoms with Gasteiger partial charge in [-0.2, -0.15) is 0 Å². The fourth-order valence-electron chi connectivity index (χ4n) is 7.35. The van der Waals surface area contributed by atoms with Crippen molar-refractivity contribution in [2.75, 3.05) is 0 Å². The second-order valence-electron chi connectivity index (χ2n) is 10.8. The molecule has 0 atom stereocenters. The highest BCUT2D eigenvalue weighted by atomic mass is 79.9. The fraction of sp³-hybridized carbons (Fsp3) is 0.294. The lowest BCUT2D eigenvalue weighted by Crippen LogP contribution is -2.07. The summed E-state index contributed by atoms with van der Waals surface area (Å²) >= 11 is 8.06. The van der Waals surface area contributed by atoms with Crippen molar-refractivity contribution in [1.82, 2.24) is 0 Å². The van der Waals surface area contributed by atoms with E-state index >= 15 is 0 Å². The SMILES string of the molecule is Cc1cccc2c1-c1c(c3c(c4c1CCCc1cccc(Br)c1-4)CCCc1cccc(Br)c1-3)CCC2. The van der Waals surface area contributed by atoms with E-state index in [1.54, 1.807) is 33.4 Å². The van der Waals surface area contributed by atoms with Gasteiger partial charge in [0, 0.05) is 8.95 Å². The van der Waals surface area contributed by atoms with Crippen LogP contribution in [0, 0.1) is 6.92 Å². The van der Waals surface area contributed by atoms with Crippen molar-refractivity contribution in [2.45, 2.75) is 64.7 Å². The number of fused-ring (bicyclic) bond motifs is 12. The van der Waals surface area contributed by atoms with E-state index in [2.05, 4.69) is 93.4 Å². The van der Waals surface area contributed by atoms with Crippen LogP contribution in [-0.4, -0.2) is 0 Å². The van der Waals surface area contributed by atoms with Gasteiger partial charge in [-0.05, 0) is 149 Å². The van der Waals surface area contributed by atoms with Crippen LogP contribution >= 0.6 is 31.9 Å². The third kappa shape index (κ3) is 3.44. The van der Waals surface area contributed by atoms with Gasteiger partial charge in [0.2, 0.25) is 0 Å². The Labute approximate surface area is 231 Å². The second-order valence-corrected chi connectivity index (χ2v) is 12.5. The van der Waals surface area contributed by atoms with E-state index in [0.717, 1.165) is 32.1 Å². The summed E-state index contributed by atoms with van der Waals surface area (Å²) in [5, 5.41) is 0. The summed E-state index contributed by atoms with van der Waals surface area (Å²) in [5.41, 5.74) is 19.9. The number of aryl methyl sites for hydroxylation is 4. The highest BCUT2D eigenvalue weighted by molar-refractivity contribution is 9.11. The summed E-state index contributed by atoms with van der Waals surface area (Å²) in [6.45, 7) is 2.33. The van der Waals surface area contributed by atoms with Crippen LogP contribution in [0.5, 0.6) is 0 Å². The van der Waals surface area contributed by atoms with E-state index in [0.29, 0.717) is 0 Å². The van der Waals surface area contributed by atoms with E-state index in [1.807, 2.05) is 0 Å². The van der Waals surface area contributed by atoms with Crippen LogP contribution in [0.3, 0.4) is 0 Å². The van der Waals surface area contributed by atoms with Crippen molar-refractivity contribution in [3.8, 4) is 33.4 Å². The maximum Gasteiger partial charge on any atom is 0.0256 e. The molecule has 3 aliphatic rings. The lowest BCUT2D eigenvalue weighted by Gasteiger charge is -2.28. The Balaban J connectivity index is 1.73. The fourth-order valence-corrected chi connectivity index (χ4v) is 8.56. The summed E-state index contributed by atoms with van der Waals surface area (Å²) in [6.07, 6.45) is 10.5. The molecule has 0 saturated carbocycles. The van der Waals surface area contributed by atoms with Gasteiger partial charge in [-0.3, -0.25) is 0 Å². The molecule has 180 valence electrons.